The zero-order chi connectivity index (χ0) is 13.9. The number of hydrogen-bond donors (Lipinski definition) is 1. The summed E-state index contributed by atoms with van der Waals surface area (Å²) in [7, 11) is 0. The number of amides is 1. The molecule has 4 heteroatoms. The number of carbonyl (C=O) groups excluding carboxylic acids is 1. The quantitative estimate of drug-likeness (QED) is 0.842. The molecule has 2 rings (SSSR count). The lowest BCUT2D eigenvalue weighted by atomic mass is 9.73. The average Bonchev–Trinajstić information content (AvgIpc) is 2.47. The van der Waals surface area contributed by atoms with Gasteiger partial charge in [-0.1, -0.05) is 26.2 Å². The molecule has 1 atom stereocenters. The minimum absolute atomic E-state index is 0.244. The largest absolute Gasteiger partial charge is 0.339 e. The molecule has 110 valence electrons. The summed E-state index contributed by atoms with van der Waals surface area (Å²) in [6.45, 7) is 8.76. The fourth-order valence-electron chi connectivity index (χ4n) is 3.72. The number of hydrogen-bond acceptors (Lipinski definition) is 3. The molecule has 0 radical (unpaired) electrons. The molecule has 2 fully saturated rings. The molecule has 0 aromatic rings. The lowest BCUT2D eigenvalue weighted by Crippen LogP contribution is -2.58. The minimum atomic E-state index is -0.244. The second kappa shape index (κ2) is 6.23. The summed E-state index contributed by atoms with van der Waals surface area (Å²) < 4.78 is 0. The SMILES string of the molecule is CCN1CCN(C(=O)C2(CN)CCCCC2)CC1C. The van der Waals surface area contributed by atoms with Crippen LogP contribution in [-0.2, 0) is 4.79 Å². The summed E-state index contributed by atoms with van der Waals surface area (Å²) in [4.78, 5) is 17.4. The molecule has 1 amide bonds. The van der Waals surface area contributed by atoms with E-state index in [9.17, 15) is 4.79 Å². The molecule has 4 nitrogen and oxygen atoms in total. The Labute approximate surface area is 117 Å². The van der Waals surface area contributed by atoms with Gasteiger partial charge in [0.1, 0.15) is 0 Å². The highest BCUT2D eigenvalue weighted by Crippen LogP contribution is 2.37. The minimum Gasteiger partial charge on any atom is -0.339 e. The highest BCUT2D eigenvalue weighted by molar-refractivity contribution is 5.83. The number of nitrogens with zero attached hydrogens (tertiary/aromatic N) is 2. The van der Waals surface area contributed by atoms with E-state index in [1.807, 2.05) is 0 Å². The lowest BCUT2D eigenvalue weighted by molar-refractivity contribution is -0.146. The van der Waals surface area contributed by atoms with Gasteiger partial charge >= 0.3 is 0 Å². The van der Waals surface area contributed by atoms with Crippen LogP contribution in [0.25, 0.3) is 0 Å². The smallest absolute Gasteiger partial charge is 0.230 e. The summed E-state index contributed by atoms with van der Waals surface area (Å²) in [5.74, 6) is 0.331. The highest BCUT2D eigenvalue weighted by atomic mass is 16.2. The number of rotatable bonds is 3. The van der Waals surface area contributed by atoms with Crippen LogP contribution in [0, 0.1) is 5.41 Å². The first-order valence-corrected chi connectivity index (χ1v) is 7.86. The summed E-state index contributed by atoms with van der Waals surface area (Å²) in [5.41, 5.74) is 5.73. The van der Waals surface area contributed by atoms with Crippen LogP contribution in [0.5, 0.6) is 0 Å². The van der Waals surface area contributed by atoms with Crippen molar-refractivity contribution in [2.24, 2.45) is 11.1 Å². The van der Waals surface area contributed by atoms with Gasteiger partial charge in [0.15, 0.2) is 0 Å². The lowest BCUT2D eigenvalue weighted by Gasteiger charge is -2.44. The summed E-state index contributed by atoms with van der Waals surface area (Å²) in [6, 6.07) is 0.473. The van der Waals surface area contributed by atoms with Crippen molar-refractivity contribution in [3.63, 3.8) is 0 Å². The highest BCUT2D eigenvalue weighted by Gasteiger charge is 2.42. The maximum Gasteiger partial charge on any atom is 0.230 e. The molecular formula is C15H29N3O. The zero-order valence-electron chi connectivity index (χ0n) is 12.5. The molecule has 1 heterocycles. The molecular weight excluding hydrogens is 238 g/mol. The Morgan fingerprint density at radius 3 is 2.47 bits per heavy atom. The number of likely N-dealkylation sites (N-methyl/N-ethyl adjacent to an activating group) is 1. The van der Waals surface area contributed by atoms with Gasteiger partial charge in [-0.15, -0.1) is 0 Å². The van der Waals surface area contributed by atoms with Crippen LogP contribution < -0.4 is 5.73 Å². The molecule has 1 unspecified atom stereocenters. The average molecular weight is 267 g/mol. The third-order valence-electron chi connectivity index (χ3n) is 5.11. The Morgan fingerprint density at radius 1 is 1.26 bits per heavy atom. The molecule has 0 bridgehead atoms. The second-order valence-corrected chi connectivity index (χ2v) is 6.27. The summed E-state index contributed by atoms with van der Waals surface area (Å²) in [6.07, 6.45) is 5.56. The van der Waals surface area contributed by atoms with Crippen molar-refractivity contribution < 1.29 is 4.79 Å². The maximum atomic E-state index is 12.9. The first-order valence-electron chi connectivity index (χ1n) is 7.86. The third-order valence-corrected chi connectivity index (χ3v) is 5.11. The number of nitrogens with two attached hydrogens (primary N) is 1. The van der Waals surface area contributed by atoms with Crippen molar-refractivity contribution in [3.8, 4) is 0 Å². The molecule has 1 saturated carbocycles. The van der Waals surface area contributed by atoms with E-state index in [0.717, 1.165) is 51.9 Å². The van der Waals surface area contributed by atoms with Gasteiger partial charge in [-0.05, 0) is 26.3 Å². The van der Waals surface area contributed by atoms with Gasteiger partial charge in [0.2, 0.25) is 5.91 Å². The second-order valence-electron chi connectivity index (χ2n) is 6.27. The van der Waals surface area contributed by atoms with E-state index in [1.54, 1.807) is 0 Å². The Hall–Kier alpha value is -0.610. The van der Waals surface area contributed by atoms with Crippen LogP contribution >= 0.6 is 0 Å². The number of piperazine rings is 1. The van der Waals surface area contributed by atoms with Gasteiger partial charge in [-0.2, -0.15) is 0 Å². The van der Waals surface area contributed by atoms with Gasteiger partial charge in [0.25, 0.3) is 0 Å². The van der Waals surface area contributed by atoms with Crippen LogP contribution in [-0.4, -0.2) is 54.5 Å². The standard InChI is InChI=1S/C15H29N3O/c1-3-17-9-10-18(11-13(17)2)14(19)15(12-16)7-5-4-6-8-15/h13H,3-12,16H2,1-2H3. The van der Waals surface area contributed by atoms with Crippen LogP contribution in [0.1, 0.15) is 46.0 Å². The molecule has 1 saturated heterocycles. The van der Waals surface area contributed by atoms with E-state index in [-0.39, 0.29) is 5.41 Å². The predicted octanol–water partition coefficient (Wildman–Crippen LogP) is 1.45. The van der Waals surface area contributed by atoms with E-state index in [1.165, 1.54) is 6.42 Å². The van der Waals surface area contributed by atoms with E-state index in [4.69, 9.17) is 5.73 Å². The van der Waals surface area contributed by atoms with E-state index < -0.39 is 0 Å². The van der Waals surface area contributed by atoms with Crippen LogP contribution in [0.2, 0.25) is 0 Å². The van der Waals surface area contributed by atoms with Gasteiger partial charge in [-0.3, -0.25) is 9.69 Å². The molecule has 1 aliphatic heterocycles. The van der Waals surface area contributed by atoms with Crippen molar-refractivity contribution >= 4 is 5.91 Å². The summed E-state index contributed by atoms with van der Waals surface area (Å²) in [5, 5.41) is 0. The first-order chi connectivity index (χ1) is 9.13. The van der Waals surface area contributed by atoms with Crippen molar-refractivity contribution in [3.05, 3.63) is 0 Å². The van der Waals surface area contributed by atoms with Crippen LogP contribution in [0.3, 0.4) is 0 Å². The molecule has 0 aromatic heterocycles. The van der Waals surface area contributed by atoms with E-state index in [0.29, 0.717) is 18.5 Å². The van der Waals surface area contributed by atoms with E-state index >= 15 is 0 Å². The van der Waals surface area contributed by atoms with Gasteiger partial charge in [-0.25, -0.2) is 0 Å². The summed E-state index contributed by atoms with van der Waals surface area (Å²) >= 11 is 0. The van der Waals surface area contributed by atoms with E-state index in [2.05, 4.69) is 23.6 Å². The van der Waals surface area contributed by atoms with Crippen molar-refractivity contribution in [1.29, 1.82) is 0 Å². The van der Waals surface area contributed by atoms with Gasteiger partial charge in [0.05, 0.1) is 5.41 Å². The molecule has 19 heavy (non-hydrogen) atoms. The van der Waals surface area contributed by atoms with Gasteiger partial charge < -0.3 is 10.6 Å². The zero-order valence-corrected chi connectivity index (χ0v) is 12.5. The molecule has 0 aromatic carbocycles. The Bertz CT molecular complexity index is 313. The fraction of sp³-hybridized carbons (Fsp3) is 0.933. The van der Waals surface area contributed by atoms with Gasteiger partial charge in [0, 0.05) is 32.2 Å². The molecule has 2 N–H and O–H groups in total. The fourth-order valence-corrected chi connectivity index (χ4v) is 3.72. The Morgan fingerprint density at radius 2 is 1.95 bits per heavy atom. The predicted molar refractivity (Wildman–Crippen MR) is 77.9 cm³/mol. The normalized spacial score (nSPS) is 28.4. The van der Waals surface area contributed by atoms with Crippen molar-refractivity contribution in [2.45, 2.75) is 52.0 Å². The molecule has 1 aliphatic carbocycles. The van der Waals surface area contributed by atoms with Crippen molar-refractivity contribution in [1.82, 2.24) is 9.80 Å². The van der Waals surface area contributed by atoms with Crippen LogP contribution in [0.15, 0.2) is 0 Å². The number of carbonyl (C=O) groups is 1. The van der Waals surface area contributed by atoms with Crippen molar-refractivity contribution in [2.75, 3.05) is 32.7 Å². The molecule has 0 spiro atoms. The Kier molecular flexibility index (Phi) is 4.85. The monoisotopic (exact) mass is 267 g/mol. The first kappa shape index (κ1) is 14.8. The molecule has 2 aliphatic rings. The third kappa shape index (κ3) is 2.95. The topological polar surface area (TPSA) is 49.6 Å². The Balaban J connectivity index is 2.02. The van der Waals surface area contributed by atoms with Crippen LogP contribution in [0.4, 0.5) is 0 Å². The maximum absolute atomic E-state index is 12.9.